The van der Waals surface area contributed by atoms with Crippen LogP contribution in [0.3, 0.4) is 0 Å². The average molecular weight is 575 g/mol. The molecule has 4 N–H and O–H groups in total. The van der Waals surface area contributed by atoms with Crippen molar-refractivity contribution in [2.45, 2.75) is 19.4 Å². The van der Waals surface area contributed by atoms with Crippen molar-refractivity contribution in [3.63, 3.8) is 0 Å². The summed E-state index contributed by atoms with van der Waals surface area (Å²) in [5.74, 6) is 0.472. The van der Waals surface area contributed by atoms with E-state index in [1.165, 1.54) is 0 Å². The van der Waals surface area contributed by atoms with Crippen LogP contribution in [0, 0.1) is 0 Å². The first kappa shape index (κ1) is 25.4. The summed E-state index contributed by atoms with van der Waals surface area (Å²) in [6.45, 7) is 5.60. The van der Waals surface area contributed by atoms with Gasteiger partial charge in [0.1, 0.15) is 5.60 Å². The molecule has 2 aromatic carbocycles. The highest BCUT2D eigenvalue weighted by atomic mass is 127. The van der Waals surface area contributed by atoms with Crippen LogP contribution in [0.1, 0.15) is 29.8 Å². The van der Waals surface area contributed by atoms with E-state index < -0.39 is 5.60 Å². The first-order valence-corrected chi connectivity index (χ1v) is 10.1. The van der Waals surface area contributed by atoms with E-state index in [1.807, 2.05) is 49.4 Å². The summed E-state index contributed by atoms with van der Waals surface area (Å²) in [5.41, 5.74) is 0.374. The van der Waals surface area contributed by atoms with Crippen LogP contribution in [0.2, 0.25) is 0 Å². The Hall–Kier alpha value is -1.65. The number of hydrogen-bond acceptors (Lipinski definition) is 3. The molecule has 0 saturated carbocycles. The number of halogens is 2. The van der Waals surface area contributed by atoms with Crippen LogP contribution in [0.4, 0.5) is 0 Å². The van der Waals surface area contributed by atoms with Crippen molar-refractivity contribution in [2.24, 2.45) is 4.99 Å². The van der Waals surface area contributed by atoms with Gasteiger partial charge in [-0.3, -0.25) is 4.79 Å². The zero-order valence-electron chi connectivity index (χ0n) is 16.6. The van der Waals surface area contributed by atoms with Crippen molar-refractivity contribution in [3.05, 3.63) is 70.2 Å². The zero-order valence-corrected chi connectivity index (χ0v) is 20.5. The number of nitrogens with zero attached hydrogens (tertiary/aromatic N) is 1. The first-order valence-electron chi connectivity index (χ1n) is 9.26. The predicted octanol–water partition coefficient (Wildman–Crippen LogP) is 3.26. The molecule has 0 aliphatic heterocycles. The third kappa shape index (κ3) is 8.71. The van der Waals surface area contributed by atoms with Gasteiger partial charge in [-0.05, 0) is 43.7 Å². The minimum atomic E-state index is -1.06. The molecule has 158 valence electrons. The van der Waals surface area contributed by atoms with Crippen LogP contribution in [0.5, 0.6) is 0 Å². The number of guanidine groups is 1. The van der Waals surface area contributed by atoms with E-state index in [2.05, 4.69) is 36.9 Å². The SMILES string of the molecule is CCNC(=NCC(C)(O)c1ccccc1)NCCNC(=O)c1ccc(Br)cc1.I. The van der Waals surface area contributed by atoms with Crippen molar-refractivity contribution in [2.75, 3.05) is 26.2 Å². The first-order chi connectivity index (χ1) is 13.4. The van der Waals surface area contributed by atoms with Crippen molar-refractivity contribution in [1.29, 1.82) is 0 Å². The van der Waals surface area contributed by atoms with Crippen LogP contribution in [0.15, 0.2) is 64.1 Å². The summed E-state index contributed by atoms with van der Waals surface area (Å²) in [7, 11) is 0. The van der Waals surface area contributed by atoms with Gasteiger partial charge in [-0.2, -0.15) is 0 Å². The minimum Gasteiger partial charge on any atom is -0.384 e. The maximum atomic E-state index is 12.1. The number of rotatable bonds is 8. The van der Waals surface area contributed by atoms with Gasteiger partial charge < -0.3 is 21.1 Å². The molecule has 0 aromatic heterocycles. The highest BCUT2D eigenvalue weighted by Gasteiger charge is 2.22. The lowest BCUT2D eigenvalue weighted by molar-refractivity contribution is 0.0672. The Morgan fingerprint density at radius 3 is 2.28 bits per heavy atom. The lowest BCUT2D eigenvalue weighted by Crippen LogP contribution is -2.42. The lowest BCUT2D eigenvalue weighted by atomic mass is 9.96. The topological polar surface area (TPSA) is 85.8 Å². The Balaban J connectivity index is 0.00000420. The molecular weight excluding hydrogens is 547 g/mol. The van der Waals surface area contributed by atoms with Gasteiger partial charge in [0.05, 0.1) is 6.54 Å². The van der Waals surface area contributed by atoms with Crippen LogP contribution in [0.25, 0.3) is 0 Å². The molecule has 2 rings (SSSR count). The van der Waals surface area contributed by atoms with Crippen molar-refractivity contribution < 1.29 is 9.90 Å². The highest BCUT2D eigenvalue weighted by Crippen LogP contribution is 2.20. The molecule has 0 saturated heterocycles. The number of hydrogen-bond donors (Lipinski definition) is 4. The lowest BCUT2D eigenvalue weighted by Gasteiger charge is -2.22. The number of benzene rings is 2. The molecule has 2 aromatic rings. The quantitative estimate of drug-likeness (QED) is 0.169. The monoisotopic (exact) mass is 574 g/mol. The smallest absolute Gasteiger partial charge is 0.251 e. The van der Waals surface area contributed by atoms with Gasteiger partial charge in [0.15, 0.2) is 5.96 Å². The molecule has 0 bridgehead atoms. The number of aliphatic imine (C=N–C) groups is 1. The molecule has 0 aliphatic carbocycles. The number of amides is 1. The third-order valence-corrected chi connectivity index (χ3v) is 4.62. The molecule has 0 fully saturated rings. The Morgan fingerprint density at radius 2 is 1.66 bits per heavy atom. The normalized spacial score (nSPS) is 13.0. The fraction of sp³-hybridized carbons (Fsp3) is 0.333. The predicted molar refractivity (Wildman–Crippen MR) is 132 cm³/mol. The van der Waals surface area contributed by atoms with E-state index in [-0.39, 0.29) is 36.4 Å². The summed E-state index contributed by atoms with van der Waals surface area (Å²) in [5, 5.41) is 19.8. The minimum absolute atomic E-state index is 0. The zero-order chi connectivity index (χ0) is 20.4. The molecule has 8 heteroatoms. The Morgan fingerprint density at radius 1 is 1.03 bits per heavy atom. The number of carbonyl (C=O) groups excluding carboxylic acids is 1. The summed E-state index contributed by atoms with van der Waals surface area (Å²) >= 11 is 3.35. The molecular formula is C21H28BrIN4O2. The number of carbonyl (C=O) groups is 1. The van der Waals surface area contributed by atoms with Gasteiger partial charge in [-0.1, -0.05) is 46.3 Å². The maximum absolute atomic E-state index is 12.1. The van der Waals surface area contributed by atoms with E-state index in [0.29, 0.717) is 31.2 Å². The molecule has 0 radical (unpaired) electrons. The number of aliphatic hydroxyl groups is 1. The van der Waals surface area contributed by atoms with E-state index in [4.69, 9.17) is 0 Å². The second-order valence-corrected chi connectivity index (χ2v) is 7.44. The van der Waals surface area contributed by atoms with Crippen molar-refractivity contribution >= 4 is 51.8 Å². The van der Waals surface area contributed by atoms with Gasteiger partial charge in [-0.25, -0.2) is 4.99 Å². The van der Waals surface area contributed by atoms with Crippen LogP contribution >= 0.6 is 39.9 Å². The second kappa shape index (κ2) is 12.8. The fourth-order valence-corrected chi connectivity index (χ4v) is 2.79. The average Bonchev–Trinajstić information content (AvgIpc) is 2.70. The third-order valence-electron chi connectivity index (χ3n) is 4.09. The van der Waals surface area contributed by atoms with Gasteiger partial charge in [0.2, 0.25) is 0 Å². The van der Waals surface area contributed by atoms with Gasteiger partial charge in [0.25, 0.3) is 5.91 Å². The maximum Gasteiger partial charge on any atom is 0.251 e. The standard InChI is InChI=1S/C21H27BrN4O2.HI/c1-3-23-20(26-15-21(2,28)17-7-5-4-6-8-17)25-14-13-24-19(27)16-9-11-18(22)12-10-16;/h4-12,28H,3,13-15H2,1-2H3,(H,24,27)(H2,23,25,26);1H. The summed E-state index contributed by atoms with van der Waals surface area (Å²) in [6.07, 6.45) is 0. The van der Waals surface area contributed by atoms with E-state index in [9.17, 15) is 9.90 Å². The molecule has 0 aliphatic rings. The van der Waals surface area contributed by atoms with E-state index >= 15 is 0 Å². The van der Waals surface area contributed by atoms with Gasteiger partial charge in [-0.15, -0.1) is 24.0 Å². The second-order valence-electron chi connectivity index (χ2n) is 6.52. The highest BCUT2D eigenvalue weighted by molar-refractivity contribution is 14.0. The van der Waals surface area contributed by atoms with Crippen LogP contribution in [-0.2, 0) is 5.60 Å². The summed E-state index contributed by atoms with van der Waals surface area (Å²) < 4.78 is 0.934. The number of nitrogens with one attached hydrogen (secondary N) is 3. The Kier molecular flexibility index (Phi) is 11.2. The van der Waals surface area contributed by atoms with E-state index in [0.717, 1.165) is 10.0 Å². The summed E-state index contributed by atoms with van der Waals surface area (Å²) in [6, 6.07) is 16.7. The van der Waals surface area contributed by atoms with Gasteiger partial charge in [0, 0.05) is 29.7 Å². The molecule has 1 atom stereocenters. The molecule has 0 spiro atoms. The van der Waals surface area contributed by atoms with Gasteiger partial charge >= 0.3 is 0 Å². The Bertz CT molecular complexity index is 783. The molecule has 6 nitrogen and oxygen atoms in total. The van der Waals surface area contributed by atoms with Crippen molar-refractivity contribution in [3.8, 4) is 0 Å². The molecule has 1 unspecified atom stereocenters. The molecule has 29 heavy (non-hydrogen) atoms. The molecule has 0 heterocycles. The fourth-order valence-electron chi connectivity index (χ4n) is 2.52. The summed E-state index contributed by atoms with van der Waals surface area (Å²) in [4.78, 5) is 16.6. The van der Waals surface area contributed by atoms with Crippen LogP contribution < -0.4 is 16.0 Å². The van der Waals surface area contributed by atoms with E-state index in [1.54, 1.807) is 19.1 Å². The molecule has 1 amide bonds. The van der Waals surface area contributed by atoms with Crippen LogP contribution in [-0.4, -0.2) is 43.2 Å². The van der Waals surface area contributed by atoms with Crippen molar-refractivity contribution in [1.82, 2.24) is 16.0 Å². The Labute approximate surface area is 197 Å². The largest absolute Gasteiger partial charge is 0.384 e.